The molecule has 1 heterocycles. The summed E-state index contributed by atoms with van der Waals surface area (Å²) in [5.41, 5.74) is 14.4. The molecule has 10 aromatic rings. The van der Waals surface area contributed by atoms with Crippen molar-refractivity contribution in [3.05, 3.63) is 235 Å². The van der Waals surface area contributed by atoms with Gasteiger partial charge in [-0.3, -0.25) is 0 Å². The van der Waals surface area contributed by atoms with Crippen molar-refractivity contribution in [3.8, 4) is 22.3 Å². The number of fused-ring (bicyclic) bond motifs is 1. The number of anilines is 3. The summed E-state index contributed by atoms with van der Waals surface area (Å²) < 4.78 is 6.42. The molecule has 0 N–H and O–H groups in total. The first kappa shape index (κ1) is 31.4. The highest BCUT2D eigenvalue weighted by Gasteiger charge is 2.46. The molecule has 55 heavy (non-hydrogen) atoms. The monoisotopic (exact) mass is 701 g/mol. The second kappa shape index (κ2) is 12.5. The van der Waals surface area contributed by atoms with Crippen molar-refractivity contribution in [2.45, 2.75) is 5.41 Å². The Balaban J connectivity index is 1.10. The summed E-state index contributed by atoms with van der Waals surface area (Å²) in [5.74, 6) is 0. The molecule has 0 saturated heterocycles. The van der Waals surface area contributed by atoms with Crippen LogP contribution in [-0.4, -0.2) is 0 Å². The van der Waals surface area contributed by atoms with Gasteiger partial charge < -0.3 is 9.32 Å². The molecule has 1 aromatic heterocycles. The van der Waals surface area contributed by atoms with Gasteiger partial charge in [-0.15, -0.1) is 0 Å². The van der Waals surface area contributed by atoms with Crippen molar-refractivity contribution < 1.29 is 4.42 Å². The molecule has 0 fully saturated rings. The molecule has 0 aliphatic heterocycles. The zero-order valence-electron chi connectivity index (χ0n) is 30.1. The van der Waals surface area contributed by atoms with Crippen LogP contribution in [-0.2, 0) is 5.41 Å². The maximum absolute atomic E-state index is 6.42. The van der Waals surface area contributed by atoms with E-state index in [1.165, 1.54) is 66.1 Å². The van der Waals surface area contributed by atoms with Crippen molar-refractivity contribution in [2.75, 3.05) is 4.90 Å². The van der Waals surface area contributed by atoms with Crippen molar-refractivity contribution in [3.63, 3.8) is 0 Å². The minimum atomic E-state index is -0.529. The summed E-state index contributed by atoms with van der Waals surface area (Å²) in [6.07, 6.45) is 0. The maximum Gasteiger partial charge on any atom is 0.135 e. The highest BCUT2D eigenvalue weighted by atomic mass is 16.3. The molecule has 1 aliphatic rings. The minimum Gasteiger partial charge on any atom is -0.456 e. The molecular weight excluding hydrogens is 667 g/mol. The van der Waals surface area contributed by atoms with E-state index < -0.39 is 5.41 Å². The molecule has 9 aromatic carbocycles. The molecule has 11 rings (SSSR count). The lowest BCUT2D eigenvalue weighted by Gasteiger charge is -2.35. The number of nitrogens with zero attached hydrogens (tertiary/aromatic N) is 1. The average molecular weight is 702 g/mol. The molecule has 0 unspecified atom stereocenters. The van der Waals surface area contributed by atoms with Gasteiger partial charge in [0.2, 0.25) is 0 Å². The molecule has 0 radical (unpaired) electrons. The van der Waals surface area contributed by atoms with Crippen LogP contribution in [0.15, 0.2) is 217 Å². The van der Waals surface area contributed by atoms with E-state index in [4.69, 9.17) is 4.42 Å². The molecule has 258 valence electrons. The van der Waals surface area contributed by atoms with E-state index in [0.29, 0.717) is 0 Å². The average Bonchev–Trinajstić information content (AvgIpc) is 3.80. The van der Waals surface area contributed by atoms with E-state index >= 15 is 0 Å². The van der Waals surface area contributed by atoms with Gasteiger partial charge in [0.25, 0.3) is 0 Å². The minimum absolute atomic E-state index is 0.529. The molecule has 2 heteroatoms. The Morgan fingerprint density at radius 1 is 0.364 bits per heavy atom. The van der Waals surface area contributed by atoms with E-state index in [1.807, 2.05) is 0 Å². The first-order valence-electron chi connectivity index (χ1n) is 18.9. The lowest BCUT2D eigenvalue weighted by Crippen LogP contribution is -2.29. The lowest BCUT2D eigenvalue weighted by molar-refractivity contribution is 0.663. The molecule has 0 saturated carbocycles. The number of hydrogen-bond acceptors (Lipinski definition) is 2. The molecule has 1 aliphatic carbocycles. The standard InChI is InChI=1S/C53H35NO/c1-3-13-36(14-4-1)37-27-31-42(32-28-37)54(43-33-29-39(30-34-43)46-22-9-16-38-15-7-8-21-45(38)46)44-20-10-19-41(35-44)53(40-17-5-2-6-18-40)47-23-11-25-49-51(47)52-48(53)24-12-26-50(52)55-49/h1-35H. The number of furan rings is 1. The van der Waals surface area contributed by atoms with Crippen LogP contribution in [0, 0.1) is 0 Å². The summed E-state index contributed by atoms with van der Waals surface area (Å²) in [6, 6.07) is 77.0. The van der Waals surface area contributed by atoms with Crippen LogP contribution in [0.2, 0.25) is 0 Å². The first-order chi connectivity index (χ1) is 27.3. The number of benzene rings is 9. The van der Waals surface area contributed by atoms with Crippen LogP contribution in [0.5, 0.6) is 0 Å². The molecule has 0 amide bonds. The Morgan fingerprint density at radius 3 is 1.58 bits per heavy atom. The van der Waals surface area contributed by atoms with Crippen molar-refractivity contribution in [1.29, 1.82) is 0 Å². The highest BCUT2D eigenvalue weighted by Crippen LogP contribution is 2.57. The quantitative estimate of drug-likeness (QED) is 0.164. The van der Waals surface area contributed by atoms with Crippen LogP contribution in [0.3, 0.4) is 0 Å². The van der Waals surface area contributed by atoms with Gasteiger partial charge in [-0.25, -0.2) is 0 Å². The summed E-state index contributed by atoms with van der Waals surface area (Å²) in [5, 5.41) is 4.92. The van der Waals surface area contributed by atoms with E-state index in [9.17, 15) is 0 Å². The summed E-state index contributed by atoms with van der Waals surface area (Å²) >= 11 is 0. The van der Waals surface area contributed by atoms with Crippen molar-refractivity contribution in [2.24, 2.45) is 0 Å². The van der Waals surface area contributed by atoms with Gasteiger partial charge in [-0.1, -0.05) is 164 Å². The summed E-state index contributed by atoms with van der Waals surface area (Å²) in [6.45, 7) is 0. The highest BCUT2D eigenvalue weighted by molar-refractivity contribution is 6.14. The third kappa shape index (κ3) is 4.82. The van der Waals surface area contributed by atoms with Gasteiger partial charge in [0.15, 0.2) is 0 Å². The summed E-state index contributed by atoms with van der Waals surface area (Å²) in [4.78, 5) is 2.39. The predicted molar refractivity (Wildman–Crippen MR) is 229 cm³/mol. The zero-order chi connectivity index (χ0) is 36.3. The van der Waals surface area contributed by atoms with Crippen LogP contribution in [0.25, 0.3) is 55.0 Å². The van der Waals surface area contributed by atoms with E-state index in [-0.39, 0.29) is 0 Å². The van der Waals surface area contributed by atoms with Crippen molar-refractivity contribution >= 4 is 49.8 Å². The fraction of sp³-hybridized carbons (Fsp3) is 0.0189. The Hall–Kier alpha value is -7.16. The fourth-order valence-corrected chi connectivity index (χ4v) is 9.14. The molecule has 0 bridgehead atoms. The maximum atomic E-state index is 6.42. The summed E-state index contributed by atoms with van der Waals surface area (Å²) in [7, 11) is 0. The largest absolute Gasteiger partial charge is 0.456 e. The predicted octanol–water partition coefficient (Wildman–Crippen LogP) is 14.2. The zero-order valence-corrected chi connectivity index (χ0v) is 30.1. The van der Waals surface area contributed by atoms with Gasteiger partial charge in [-0.05, 0) is 104 Å². The normalized spacial score (nSPS) is 12.9. The third-order valence-electron chi connectivity index (χ3n) is 11.5. The molecule has 0 spiro atoms. The van der Waals surface area contributed by atoms with Gasteiger partial charge >= 0.3 is 0 Å². The first-order valence-corrected chi connectivity index (χ1v) is 18.9. The van der Waals surface area contributed by atoms with Crippen LogP contribution in [0.1, 0.15) is 22.3 Å². The van der Waals surface area contributed by atoms with Gasteiger partial charge in [0.1, 0.15) is 11.2 Å². The molecule has 2 nitrogen and oxygen atoms in total. The van der Waals surface area contributed by atoms with Gasteiger partial charge in [0, 0.05) is 27.8 Å². The number of rotatable bonds is 7. The molecular formula is C53H35NO. The Labute approximate surface area is 320 Å². The number of hydrogen-bond donors (Lipinski definition) is 0. The second-order valence-electron chi connectivity index (χ2n) is 14.4. The second-order valence-corrected chi connectivity index (χ2v) is 14.4. The van der Waals surface area contributed by atoms with E-state index in [0.717, 1.165) is 28.2 Å². The van der Waals surface area contributed by atoms with Crippen LogP contribution >= 0.6 is 0 Å². The Bertz CT molecular complexity index is 2950. The fourth-order valence-electron chi connectivity index (χ4n) is 9.14. The topological polar surface area (TPSA) is 16.4 Å². The van der Waals surface area contributed by atoms with Crippen molar-refractivity contribution in [1.82, 2.24) is 0 Å². The third-order valence-corrected chi connectivity index (χ3v) is 11.5. The van der Waals surface area contributed by atoms with Crippen LogP contribution < -0.4 is 4.90 Å². The smallest absolute Gasteiger partial charge is 0.135 e. The van der Waals surface area contributed by atoms with Crippen LogP contribution in [0.4, 0.5) is 17.1 Å². The van der Waals surface area contributed by atoms with Gasteiger partial charge in [0.05, 0.1) is 5.41 Å². The lowest BCUT2D eigenvalue weighted by atomic mass is 9.67. The SMILES string of the molecule is c1ccc(-c2ccc(N(c3ccc(-c4cccc5ccccc45)cc3)c3cccc(C4(c5ccccc5)c5cccc6oc7cccc4c7c56)c3)cc2)cc1. The molecule has 0 atom stereocenters. The Kier molecular flexibility index (Phi) is 7.11. The van der Waals surface area contributed by atoms with E-state index in [1.54, 1.807) is 0 Å². The Morgan fingerprint density at radius 2 is 0.891 bits per heavy atom. The van der Waals surface area contributed by atoms with Gasteiger partial charge in [-0.2, -0.15) is 0 Å². The van der Waals surface area contributed by atoms with E-state index in [2.05, 4.69) is 217 Å².